The molecule has 1 N–H and O–H groups in total. The SMILES string of the molecule is Cc1ccc(S(=O)(=O)O)cc1C[Si](C)(C)C. The fraction of sp³-hybridized carbons (Fsp3) is 0.455. The second-order valence-electron chi connectivity index (χ2n) is 5.30. The molecule has 1 aromatic carbocycles. The number of hydrogen-bond acceptors (Lipinski definition) is 2. The molecule has 0 aliphatic carbocycles. The van der Waals surface area contributed by atoms with E-state index >= 15 is 0 Å². The molecule has 0 radical (unpaired) electrons. The third-order valence-electron chi connectivity index (χ3n) is 2.34. The second-order valence-corrected chi connectivity index (χ2v) is 12.2. The average Bonchev–Trinajstić information content (AvgIpc) is 2.04. The summed E-state index contributed by atoms with van der Waals surface area (Å²) in [7, 11) is -5.37. The molecule has 0 bridgehead atoms. The minimum atomic E-state index is -4.08. The van der Waals surface area contributed by atoms with Gasteiger partial charge in [0.05, 0.1) is 4.90 Å². The van der Waals surface area contributed by atoms with Crippen molar-refractivity contribution in [2.45, 2.75) is 37.5 Å². The van der Waals surface area contributed by atoms with Gasteiger partial charge < -0.3 is 0 Å². The molecule has 0 atom stereocenters. The topological polar surface area (TPSA) is 54.4 Å². The maximum absolute atomic E-state index is 11.0. The van der Waals surface area contributed by atoms with Crippen LogP contribution in [0.5, 0.6) is 0 Å². The summed E-state index contributed by atoms with van der Waals surface area (Å²) in [6.07, 6.45) is 0. The molecule has 0 fully saturated rings. The molecule has 0 amide bonds. The lowest BCUT2D eigenvalue weighted by molar-refractivity contribution is 0.483. The summed E-state index contributed by atoms with van der Waals surface area (Å²) in [5.41, 5.74) is 2.10. The molecule has 0 aliphatic heterocycles. The van der Waals surface area contributed by atoms with E-state index in [1.54, 1.807) is 12.1 Å². The van der Waals surface area contributed by atoms with Gasteiger partial charge in [-0.15, -0.1) is 0 Å². The molecule has 5 heteroatoms. The van der Waals surface area contributed by atoms with Crippen LogP contribution in [0.4, 0.5) is 0 Å². The molecule has 0 aliphatic rings. The number of benzene rings is 1. The van der Waals surface area contributed by atoms with Crippen molar-refractivity contribution in [2.24, 2.45) is 0 Å². The van der Waals surface area contributed by atoms with Crippen molar-refractivity contribution in [2.75, 3.05) is 0 Å². The molecule has 16 heavy (non-hydrogen) atoms. The van der Waals surface area contributed by atoms with E-state index < -0.39 is 18.2 Å². The van der Waals surface area contributed by atoms with Gasteiger partial charge in [-0.1, -0.05) is 25.7 Å². The number of rotatable bonds is 3. The van der Waals surface area contributed by atoms with E-state index in [0.717, 1.165) is 17.2 Å². The molecule has 0 heterocycles. The Morgan fingerprint density at radius 1 is 1.25 bits per heavy atom. The molecule has 1 rings (SSSR count). The standard InChI is InChI=1S/C11H18O3SSi/c1-9-5-6-11(15(12,13)14)7-10(9)8-16(2,3)4/h5-7H,8H2,1-4H3,(H,12,13,14). The molecule has 0 saturated carbocycles. The van der Waals surface area contributed by atoms with Crippen LogP contribution < -0.4 is 0 Å². The van der Waals surface area contributed by atoms with Gasteiger partial charge in [0.1, 0.15) is 0 Å². The largest absolute Gasteiger partial charge is 0.294 e. The fourth-order valence-corrected chi connectivity index (χ4v) is 3.62. The predicted molar refractivity (Wildman–Crippen MR) is 68.0 cm³/mol. The third-order valence-corrected chi connectivity index (χ3v) is 4.63. The highest BCUT2D eigenvalue weighted by Gasteiger charge is 2.17. The minimum Gasteiger partial charge on any atom is -0.282 e. The van der Waals surface area contributed by atoms with Gasteiger partial charge in [-0.3, -0.25) is 4.55 Å². The van der Waals surface area contributed by atoms with Gasteiger partial charge in [0, 0.05) is 8.07 Å². The van der Waals surface area contributed by atoms with Crippen LogP contribution in [0.15, 0.2) is 23.1 Å². The van der Waals surface area contributed by atoms with E-state index in [9.17, 15) is 8.42 Å². The van der Waals surface area contributed by atoms with Gasteiger partial charge in [-0.05, 0) is 36.2 Å². The van der Waals surface area contributed by atoms with Crippen molar-refractivity contribution < 1.29 is 13.0 Å². The maximum Gasteiger partial charge on any atom is 0.294 e. The Labute approximate surface area is 98.3 Å². The first-order valence-electron chi connectivity index (χ1n) is 5.17. The van der Waals surface area contributed by atoms with E-state index in [0.29, 0.717) is 0 Å². The number of hydrogen-bond donors (Lipinski definition) is 1. The van der Waals surface area contributed by atoms with Crippen molar-refractivity contribution in [1.29, 1.82) is 0 Å². The van der Waals surface area contributed by atoms with Crippen molar-refractivity contribution in [1.82, 2.24) is 0 Å². The summed E-state index contributed by atoms with van der Waals surface area (Å²) >= 11 is 0. The Morgan fingerprint density at radius 3 is 2.25 bits per heavy atom. The third kappa shape index (κ3) is 3.73. The Morgan fingerprint density at radius 2 is 1.81 bits per heavy atom. The molecule has 0 saturated heterocycles. The van der Waals surface area contributed by atoms with Gasteiger partial charge in [0.15, 0.2) is 0 Å². The quantitative estimate of drug-likeness (QED) is 0.670. The molecule has 0 aromatic heterocycles. The molecule has 90 valence electrons. The summed E-state index contributed by atoms with van der Waals surface area (Å²) in [5, 5.41) is 0. The van der Waals surface area contributed by atoms with Crippen molar-refractivity contribution in [3.05, 3.63) is 29.3 Å². The predicted octanol–water partition coefficient (Wildman–Crippen LogP) is 2.66. The lowest BCUT2D eigenvalue weighted by Crippen LogP contribution is -2.24. The van der Waals surface area contributed by atoms with Gasteiger partial charge in [-0.25, -0.2) is 0 Å². The van der Waals surface area contributed by atoms with Crippen LogP contribution in [0.2, 0.25) is 19.6 Å². The molecule has 3 nitrogen and oxygen atoms in total. The van der Waals surface area contributed by atoms with Crippen LogP contribution in [0.25, 0.3) is 0 Å². The smallest absolute Gasteiger partial charge is 0.282 e. The first kappa shape index (κ1) is 13.4. The van der Waals surface area contributed by atoms with Crippen LogP contribution in [-0.4, -0.2) is 21.0 Å². The zero-order chi connectivity index (χ0) is 12.6. The molecule has 0 spiro atoms. The first-order valence-corrected chi connectivity index (χ1v) is 10.3. The monoisotopic (exact) mass is 258 g/mol. The highest BCUT2D eigenvalue weighted by Crippen LogP contribution is 2.19. The number of aryl methyl sites for hydroxylation is 1. The maximum atomic E-state index is 11.0. The fourth-order valence-electron chi connectivity index (χ4n) is 1.57. The average molecular weight is 258 g/mol. The van der Waals surface area contributed by atoms with Gasteiger partial charge in [-0.2, -0.15) is 8.42 Å². The minimum absolute atomic E-state index is 0.00801. The molecule has 0 unspecified atom stereocenters. The van der Waals surface area contributed by atoms with E-state index in [1.807, 2.05) is 6.92 Å². The summed E-state index contributed by atoms with van der Waals surface area (Å²) in [6.45, 7) is 8.65. The lowest BCUT2D eigenvalue weighted by Gasteiger charge is -2.17. The van der Waals surface area contributed by atoms with Crippen molar-refractivity contribution in [3.8, 4) is 0 Å². The van der Waals surface area contributed by atoms with E-state index in [4.69, 9.17) is 4.55 Å². The lowest BCUT2D eigenvalue weighted by atomic mass is 10.1. The summed E-state index contributed by atoms with van der Waals surface area (Å²) in [5.74, 6) is 0. The summed E-state index contributed by atoms with van der Waals surface area (Å²) in [4.78, 5) is -0.00801. The zero-order valence-corrected chi connectivity index (χ0v) is 11.9. The van der Waals surface area contributed by atoms with Crippen LogP contribution >= 0.6 is 0 Å². The zero-order valence-electron chi connectivity index (χ0n) is 10.1. The summed E-state index contributed by atoms with van der Waals surface area (Å²) in [6, 6.07) is 5.70. The normalized spacial score (nSPS) is 12.8. The van der Waals surface area contributed by atoms with Gasteiger partial charge in [0.2, 0.25) is 0 Å². The van der Waals surface area contributed by atoms with Crippen LogP contribution in [0.1, 0.15) is 11.1 Å². The second kappa shape index (κ2) is 4.31. The van der Waals surface area contributed by atoms with Crippen LogP contribution in [0.3, 0.4) is 0 Å². The Hall–Kier alpha value is -0.653. The highest BCUT2D eigenvalue weighted by atomic mass is 32.2. The van der Waals surface area contributed by atoms with Crippen molar-refractivity contribution >= 4 is 18.2 Å². The molecular weight excluding hydrogens is 240 g/mol. The Kier molecular flexibility index (Phi) is 3.61. The van der Waals surface area contributed by atoms with Gasteiger partial charge >= 0.3 is 0 Å². The van der Waals surface area contributed by atoms with Crippen LogP contribution in [-0.2, 0) is 16.2 Å². The Balaban J connectivity index is 3.20. The highest BCUT2D eigenvalue weighted by molar-refractivity contribution is 7.85. The van der Waals surface area contributed by atoms with E-state index in [2.05, 4.69) is 19.6 Å². The molecular formula is C11H18O3SSi. The Bertz CT molecular complexity index is 486. The van der Waals surface area contributed by atoms with E-state index in [1.165, 1.54) is 6.07 Å². The first-order chi connectivity index (χ1) is 7.09. The van der Waals surface area contributed by atoms with Crippen LogP contribution in [0, 0.1) is 6.92 Å². The van der Waals surface area contributed by atoms with E-state index in [-0.39, 0.29) is 4.90 Å². The summed E-state index contributed by atoms with van der Waals surface area (Å²) < 4.78 is 31.0. The molecule has 1 aromatic rings. The van der Waals surface area contributed by atoms with Crippen molar-refractivity contribution in [3.63, 3.8) is 0 Å². The van der Waals surface area contributed by atoms with Gasteiger partial charge in [0.25, 0.3) is 10.1 Å².